The molecule has 5 nitrogen and oxygen atoms in total. The SMILES string of the molecule is CC(C)(CO)CNC1CC2CCC(C1)N2C(=O)OC(C)(C)C. The van der Waals surface area contributed by atoms with Crippen molar-refractivity contribution in [2.24, 2.45) is 5.41 Å². The van der Waals surface area contributed by atoms with Crippen LogP contribution in [-0.4, -0.2) is 53.0 Å². The first-order chi connectivity index (χ1) is 10.1. The molecule has 2 N–H and O–H groups in total. The van der Waals surface area contributed by atoms with Gasteiger partial charge in [-0.25, -0.2) is 4.79 Å². The van der Waals surface area contributed by atoms with Gasteiger partial charge in [0.05, 0.1) is 0 Å². The molecule has 0 aromatic carbocycles. The molecule has 0 aromatic heterocycles. The van der Waals surface area contributed by atoms with Crippen molar-refractivity contribution in [3.05, 3.63) is 0 Å². The van der Waals surface area contributed by atoms with Gasteiger partial charge in [0.15, 0.2) is 0 Å². The highest BCUT2D eigenvalue weighted by molar-refractivity contribution is 5.69. The molecule has 2 aliphatic rings. The molecule has 22 heavy (non-hydrogen) atoms. The number of ether oxygens (including phenoxy) is 1. The minimum atomic E-state index is -0.434. The third-order valence-corrected chi connectivity index (χ3v) is 4.63. The summed E-state index contributed by atoms with van der Waals surface area (Å²) in [5.41, 5.74) is -0.530. The molecule has 0 aromatic rings. The number of rotatable bonds is 4. The molecule has 128 valence electrons. The zero-order valence-corrected chi connectivity index (χ0v) is 14.7. The van der Waals surface area contributed by atoms with Gasteiger partial charge in [0.1, 0.15) is 5.60 Å². The van der Waals surface area contributed by atoms with E-state index in [1.807, 2.05) is 25.7 Å². The molecule has 0 radical (unpaired) electrons. The van der Waals surface area contributed by atoms with E-state index in [4.69, 9.17) is 4.74 Å². The smallest absolute Gasteiger partial charge is 0.410 e. The Morgan fingerprint density at radius 1 is 1.18 bits per heavy atom. The van der Waals surface area contributed by atoms with Gasteiger partial charge < -0.3 is 20.1 Å². The van der Waals surface area contributed by atoms with E-state index in [0.29, 0.717) is 18.1 Å². The van der Waals surface area contributed by atoms with Crippen molar-refractivity contribution in [2.45, 2.75) is 84.0 Å². The Kier molecular flexibility index (Phi) is 5.07. The molecule has 2 bridgehead atoms. The van der Waals surface area contributed by atoms with E-state index in [1.165, 1.54) is 0 Å². The number of aliphatic hydroxyl groups is 1. The normalized spacial score (nSPS) is 28.8. The lowest BCUT2D eigenvalue weighted by molar-refractivity contribution is 0.00413. The van der Waals surface area contributed by atoms with Gasteiger partial charge in [-0.15, -0.1) is 0 Å². The van der Waals surface area contributed by atoms with Crippen LogP contribution in [-0.2, 0) is 4.74 Å². The van der Waals surface area contributed by atoms with Crippen molar-refractivity contribution in [1.82, 2.24) is 10.2 Å². The van der Waals surface area contributed by atoms with Crippen molar-refractivity contribution in [3.63, 3.8) is 0 Å². The highest BCUT2D eigenvalue weighted by Crippen LogP contribution is 2.37. The molecule has 2 unspecified atom stereocenters. The van der Waals surface area contributed by atoms with Gasteiger partial charge in [-0.2, -0.15) is 0 Å². The van der Waals surface area contributed by atoms with Crippen molar-refractivity contribution in [1.29, 1.82) is 0 Å². The average molecular weight is 312 g/mol. The van der Waals surface area contributed by atoms with E-state index >= 15 is 0 Å². The maximum Gasteiger partial charge on any atom is 0.410 e. The lowest BCUT2D eigenvalue weighted by atomic mass is 9.92. The number of amides is 1. The summed E-state index contributed by atoms with van der Waals surface area (Å²) >= 11 is 0. The Bertz CT molecular complexity index is 389. The number of piperidine rings is 1. The molecule has 2 saturated heterocycles. The van der Waals surface area contributed by atoms with Crippen LogP contribution < -0.4 is 5.32 Å². The maximum absolute atomic E-state index is 12.4. The predicted octanol–water partition coefficient (Wildman–Crippen LogP) is 2.53. The first-order valence-corrected chi connectivity index (χ1v) is 8.47. The first-order valence-electron chi connectivity index (χ1n) is 8.47. The maximum atomic E-state index is 12.4. The van der Waals surface area contributed by atoms with Crippen LogP contribution in [0.25, 0.3) is 0 Å². The van der Waals surface area contributed by atoms with Gasteiger partial charge in [-0.3, -0.25) is 0 Å². The van der Waals surface area contributed by atoms with Gasteiger partial charge >= 0.3 is 6.09 Å². The summed E-state index contributed by atoms with van der Waals surface area (Å²) in [6.45, 7) is 10.9. The number of fused-ring (bicyclic) bond motifs is 2. The summed E-state index contributed by atoms with van der Waals surface area (Å²) in [6, 6.07) is 1.02. The standard InChI is InChI=1S/C17H32N2O3/c1-16(2,3)22-15(21)19-13-6-7-14(19)9-12(8-13)18-10-17(4,5)11-20/h12-14,18,20H,6-11H2,1-5H3. The van der Waals surface area contributed by atoms with Crippen LogP contribution >= 0.6 is 0 Å². The van der Waals surface area contributed by atoms with E-state index in [1.54, 1.807) is 0 Å². The summed E-state index contributed by atoms with van der Waals surface area (Å²) in [7, 11) is 0. The van der Waals surface area contributed by atoms with E-state index < -0.39 is 5.60 Å². The van der Waals surface area contributed by atoms with E-state index in [-0.39, 0.29) is 18.1 Å². The second-order valence-electron chi connectivity index (χ2n) is 8.64. The second-order valence-corrected chi connectivity index (χ2v) is 8.64. The molecular formula is C17H32N2O3. The largest absolute Gasteiger partial charge is 0.444 e. The molecule has 2 atom stereocenters. The van der Waals surface area contributed by atoms with Crippen LogP contribution in [0.5, 0.6) is 0 Å². The summed E-state index contributed by atoms with van der Waals surface area (Å²) in [6.07, 6.45) is 3.96. The minimum absolute atomic E-state index is 0.0959. The van der Waals surface area contributed by atoms with E-state index in [2.05, 4.69) is 19.2 Å². The monoisotopic (exact) mass is 312 g/mol. The summed E-state index contributed by atoms with van der Waals surface area (Å²) in [5, 5.41) is 12.9. The molecule has 0 saturated carbocycles. The molecular weight excluding hydrogens is 280 g/mol. The minimum Gasteiger partial charge on any atom is -0.444 e. The van der Waals surface area contributed by atoms with Gasteiger partial charge in [0, 0.05) is 36.7 Å². The van der Waals surface area contributed by atoms with Gasteiger partial charge in [0.25, 0.3) is 0 Å². The van der Waals surface area contributed by atoms with Crippen LogP contribution in [0.4, 0.5) is 4.79 Å². The Hall–Kier alpha value is -0.810. The van der Waals surface area contributed by atoms with Gasteiger partial charge in [-0.05, 0) is 46.5 Å². The Labute approximate surface area is 134 Å². The fourth-order valence-corrected chi connectivity index (χ4v) is 3.43. The van der Waals surface area contributed by atoms with Crippen molar-refractivity contribution >= 4 is 6.09 Å². The fraction of sp³-hybridized carbons (Fsp3) is 0.941. The van der Waals surface area contributed by atoms with E-state index in [0.717, 1.165) is 32.2 Å². The molecule has 2 heterocycles. The van der Waals surface area contributed by atoms with Crippen molar-refractivity contribution in [3.8, 4) is 0 Å². The molecule has 0 spiro atoms. The number of nitrogens with zero attached hydrogens (tertiary/aromatic N) is 1. The number of hydrogen-bond donors (Lipinski definition) is 2. The lowest BCUT2D eigenvalue weighted by Crippen LogP contribution is -2.53. The fourth-order valence-electron chi connectivity index (χ4n) is 3.43. The second kappa shape index (κ2) is 6.36. The van der Waals surface area contributed by atoms with Crippen molar-refractivity contribution in [2.75, 3.05) is 13.2 Å². The van der Waals surface area contributed by atoms with Crippen LogP contribution in [0.15, 0.2) is 0 Å². The number of carbonyl (C=O) groups is 1. The first kappa shape index (κ1) is 17.5. The molecule has 2 fully saturated rings. The molecule has 5 heteroatoms. The number of aliphatic hydroxyl groups excluding tert-OH is 1. The highest BCUT2D eigenvalue weighted by atomic mass is 16.6. The topological polar surface area (TPSA) is 61.8 Å². The Morgan fingerprint density at radius 2 is 1.73 bits per heavy atom. The van der Waals surface area contributed by atoms with Crippen LogP contribution in [0.2, 0.25) is 0 Å². The number of nitrogens with one attached hydrogen (secondary N) is 1. The third-order valence-electron chi connectivity index (χ3n) is 4.63. The zero-order valence-electron chi connectivity index (χ0n) is 14.7. The predicted molar refractivity (Wildman–Crippen MR) is 86.8 cm³/mol. The van der Waals surface area contributed by atoms with Crippen LogP contribution in [0, 0.1) is 5.41 Å². The highest BCUT2D eigenvalue weighted by Gasteiger charge is 2.44. The van der Waals surface area contributed by atoms with E-state index in [9.17, 15) is 9.90 Å². The van der Waals surface area contributed by atoms with Gasteiger partial charge in [-0.1, -0.05) is 13.8 Å². The quantitative estimate of drug-likeness (QED) is 0.837. The average Bonchev–Trinajstić information content (AvgIpc) is 2.66. The Balaban J connectivity index is 1.90. The molecule has 2 aliphatic heterocycles. The summed E-state index contributed by atoms with van der Waals surface area (Å²) < 4.78 is 5.56. The summed E-state index contributed by atoms with van der Waals surface area (Å²) in [5.74, 6) is 0. The Morgan fingerprint density at radius 3 is 2.18 bits per heavy atom. The van der Waals surface area contributed by atoms with Crippen molar-refractivity contribution < 1.29 is 14.6 Å². The van der Waals surface area contributed by atoms with Crippen LogP contribution in [0.3, 0.4) is 0 Å². The third kappa shape index (κ3) is 4.35. The zero-order chi connectivity index (χ0) is 16.5. The molecule has 2 rings (SSSR count). The van der Waals surface area contributed by atoms with Gasteiger partial charge in [0.2, 0.25) is 0 Å². The summed E-state index contributed by atoms with van der Waals surface area (Å²) in [4.78, 5) is 14.4. The lowest BCUT2D eigenvalue weighted by Gasteiger charge is -2.40. The molecule has 1 amide bonds. The number of carbonyl (C=O) groups excluding carboxylic acids is 1. The molecule has 0 aliphatic carbocycles. The van der Waals surface area contributed by atoms with Crippen LogP contribution in [0.1, 0.15) is 60.3 Å². The number of hydrogen-bond acceptors (Lipinski definition) is 4.